The molecule has 1 saturated heterocycles. The van der Waals surface area contributed by atoms with Gasteiger partial charge in [0.15, 0.2) is 12.0 Å². The summed E-state index contributed by atoms with van der Waals surface area (Å²) in [6.45, 7) is 1.14. The van der Waals surface area contributed by atoms with E-state index in [0.717, 1.165) is 5.56 Å². The highest BCUT2D eigenvalue weighted by molar-refractivity contribution is 6.02. The Labute approximate surface area is 127 Å². The average Bonchev–Trinajstić information content (AvgIpc) is 3.10. The molecule has 22 heavy (non-hydrogen) atoms. The van der Waals surface area contributed by atoms with Crippen LogP contribution in [0.4, 0.5) is 5.69 Å². The van der Waals surface area contributed by atoms with Crippen molar-refractivity contribution in [1.82, 2.24) is 10.2 Å². The second-order valence-electron chi connectivity index (χ2n) is 4.61. The van der Waals surface area contributed by atoms with E-state index >= 15 is 0 Å². The van der Waals surface area contributed by atoms with Crippen molar-refractivity contribution in [2.75, 3.05) is 25.6 Å². The Morgan fingerprint density at radius 1 is 1.23 bits per heavy atom. The molecule has 1 fully saturated rings. The van der Waals surface area contributed by atoms with Crippen LogP contribution in [0.25, 0.3) is 0 Å². The molecule has 1 amide bonds. The number of amides is 1. The largest absolute Gasteiger partial charge is 0.480 e. The second kappa shape index (κ2) is 6.50. The molecule has 1 aromatic carbocycles. The number of anilines is 1. The number of carbonyl (C=O) groups excluding carboxylic acids is 1. The molecular weight excluding hydrogens is 286 g/mol. The zero-order chi connectivity index (χ0) is 15.4. The minimum Gasteiger partial charge on any atom is -0.480 e. The van der Waals surface area contributed by atoms with E-state index in [1.807, 2.05) is 18.2 Å². The number of methoxy groups -OCH3 is 1. The Kier molecular flexibility index (Phi) is 4.27. The molecule has 0 saturated carbocycles. The van der Waals surface area contributed by atoms with Crippen LogP contribution in [0.3, 0.4) is 0 Å². The first-order valence-electron chi connectivity index (χ1n) is 6.78. The Bertz CT molecular complexity index is 654. The van der Waals surface area contributed by atoms with Crippen molar-refractivity contribution in [1.29, 1.82) is 0 Å². The SMILES string of the molecule is COc1ccc(C(=O)Nc2cccc(C3OCCO3)c2)nn1. The van der Waals surface area contributed by atoms with Gasteiger partial charge >= 0.3 is 0 Å². The van der Waals surface area contributed by atoms with Crippen molar-refractivity contribution >= 4 is 11.6 Å². The molecule has 1 aromatic heterocycles. The predicted octanol–water partition coefficient (Wildman–Crippen LogP) is 1.78. The number of hydrogen-bond acceptors (Lipinski definition) is 6. The first-order valence-corrected chi connectivity index (χ1v) is 6.78. The van der Waals surface area contributed by atoms with Gasteiger partial charge in [0.05, 0.1) is 20.3 Å². The van der Waals surface area contributed by atoms with Crippen LogP contribution in [-0.4, -0.2) is 36.4 Å². The molecule has 0 atom stereocenters. The van der Waals surface area contributed by atoms with Crippen LogP contribution in [0, 0.1) is 0 Å². The lowest BCUT2D eigenvalue weighted by Gasteiger charge is -2.11. The quantitative estimate of drug-likeness (QED) is 0.927. The molecule has 0 spiro atoms. The van der Waals surface area contributed by atoms with Crippen molar-refractivity contribution in [2.24, 2.45) is 0 Å². The van der Waals surface area contributed by atoms with Gasteiger partial charge in [-0.2, -0.15) is 0 Å². The maximum absolute atomic E-state index is 12.1. The molecule has 1 aliphatic heterocycles. The predicted molar refractivity (Wildman–Crippen MR) is 77.6 cm³/mol. The molecule has 0 bridgehead atoms. The number of nitrogens with zero attached hydrogens (tertiary/aromatic N) is 2. The van der Waals surface area contributed by atoms with Crippen molar-refractivity contribution in [2.45, 2.75) is 6.29 Å². The molecule has 0 radical (unpaired) electrons. The highest BCUT2D eigenvalue weighted by Crippen LogP contribution is 2.25. The summed E-state index contributed by atoms with van der Waals surface area (Å²) in [7, 11) is 1.49. The van der Waals surface area contributed by atoms with Crippen LogP contribution in [0.2, 0.25) is 0 Å². The van der Waals surface area contributed by atoms with Crippen LogP contribution < -0.4 is 10.1 Å². The first kappa shape index (κ1) is 14.4. The summed E-state index contributed by atoms with van der Waals surface area (Å²) in [5.74, 6) is 0.00893. The molecular formula is C15H15N3O4. The standard InChI is InChI=1S/C15H15N3O4/c1-20-13-6-5-12(17-18-13)14(19)16-11-4-2-3-10(9-11)15-21-7-8-22-15/h2-6,9,15H,7-8H2,1H3,(H,16,19). The van der Waals surface area contributed by atoms with Gasteiger partial charge in [0.25, 0.3) is 5.91 Å². The Morgan fingerprint density at radius 2 is 2.05 bits per heavy atom. The van der Waals surface area contributed by atoms with Crippen LogP contribution in [0.1, 0.15) is 22.3 Å². The number of ether oxygens (including phenoxy) is 3. The normalized spacial score (nSPS) is 14.8. The third-order valence-corrected chi connectivity index (χ3v) is 3.12. The van der Waals surface area contributed by atoms with Gasteiger partial charge in [0.2, 0.25) is 5.88 Å². The molecule has 3 rings (SSSR count). The third-order valence-electron chi connectivity index (χ3n) is 3.12. The Hall–Kier alpha value is -2.51. The number of nitrogens with one attached hydrogen (secondary N) is 1. The van der Waals surface area contributed by atoms with E-state index in [1.165, 1.54) is 7.11 Å². The van der Waals surface area contributed by atoms with Gasteiger partial charge in [-0.1, -0.05) is 12.1 Å². The van der Waals surface area contributed by atoms with Crippen molar-refractivity contribution in [3.05, 3.63) is 47.7 Å². The van der Waals surface area contributed by atoms with Gasteiger partial charge in [-0.25, -0.2) is 0 Å². The van der Waals surface area contributed by atoms with Gasteiger partial charge < -0.3 is 19.5 Å². The second-order valence-corrected chi connectivity index (χ2v) is 4.61. The minimum atomic E-state index is -0.377. The van der Waals surface area contributed by atoms with Gasteiger partial charge in [-0.15, -0.1) is 10.2 Å². The monoisotopic (exact) mass is 301 g/mol. The average molecular weight is 301 g/mol. The number of aromatic nitrogens is 2. The van der Waals surface area contributed by atoms with E-state index in [4.69, 9.17) is 14.2 Å². The fraction of sp³-hybridized carbons (Fsp3) is 0.267. The Morgan fingerprint density at radius 3 is 2.73 bits per heavy atom. The zero-order valence-corrected chi connectivity index (χ0v) is 12.0. The van der Waals surface area contributed by atoms with Crippen molar-refractivity contribution in [3.63, 3.8) is 0 Å². The maximum atomic E-state index is 12.1. The van der Waals surface area contributed by atoms with Crippen LogP contribution in [0.5, 0.6) is 5.88 Å². The van der Waals surface area contributed by atoms with E-state index in [9.17, 15) is 4.79 Å². The number of carbonyl (C=O) groups is 1. The first-order chi connectivity index (χ1) is 10.8. The Balaban J connectivity index is 1.71. The van der Waals surface area contributed by atoms with Gasteiger partial charge in [0, 0.05) is 17.3 Å². The molecule has 7 heteroatoms. The molecule has 0 unspecified atom stereocenters. The van der Waals surface area contributed by atoms with Gasteiger partial charge in [0.1, 0.15) is 0 Å². The number of hydrogen-bond donors (Lipinski definition) is 1. The summed E-state index contributed by atoms with van der Waals surface area (Å²) >= 11 is 0. The highest BCUT2D eigenvalue weighted by atomic mass is 16.7. The van der Waals surface area contributed by atoms with E-state index in [1.54, 1.807) is 18.2 Å². The lowest BCUT2D eigenvalue weighted by Crippen LogP contribution is -2.14. The van der Waals surface area contributed by atoms with Crippen molar-refractivity contribution < 1.29 is 19.0 Å². The minimum absolute atomic E-state index is 0.208. The molecule has 7 nitrogen and oxygen atoms in total. The van der Waals surface area contributed by atoms with Crippen LogP contribution in [0.15, 0.2) is 36.4 Å². The zero-order valence-electron chi connectivity index (χ0n) is 12.0. The van der Waals surface area contributed by atoms with Gasteiger partial charge in [-0.05, 0) is 18.2 Å². The van der Waals surface area contributed by atoms with E-state index < -0.39 is 0 Å². The summed E-state index contributed by atoms with van der Waals surface area (Å²) in [5.41, 5.74) is 1.70. The van der Waals surface area contributed by atoms with E-state index in [2.05, 4.69) is 15.5 Å². The van der Waals surface area contributed by atoms with E-state index in [-0.39, 0.29) is 17.9 Å². The molecule has 2 heterocycles. The van der Waals surface area contributed by atoms with Gasteiger partial charge in [-0.3, -0.25) is 4.79 Å². The lowest BCUT2D eigenvalue weighted by molar-refractivity contribution is -0.0440. The maximum Gasteiger partial charge on any atom is 0.276 e. The molecule has 0 aliphatic carbocycles. The summed E-state index contributed by atoms with van der Waals surface area (Å²) in [6.07, 6.45) is -0.377. The highest BCUT2D eigenvalue weighted by Gasteiger charge is 2.18. The fourth-order valence-corrected chi connectivity index (χ4v) is 2.06. The van der Waals surface area contributed by atoms with Crippen LogP contribution in [-0.2, 0) is 9.47 Å². The molecule has 1 N–H and O–H groups in total. The summed E-state index contributed by atoms with van der Waals surface area (Å²) < 4.78 is 15.8. The third kappa shape index (κ3) is 3.21. The molecule has 114 valence electrons. The fourth-order valence-electron chi connectivity index (χ4n) is 2.06. The molecule has 2 aromatic rings. The summed E-state index contributed by atoms with van der Waals surface area (Å²) in [5, 5.41) is 10.3. The molecule has 1 aliphatic rings. The lowest BCUT2D eigenvalue weighted by atomic mass is 10.2. The number of rotatable bonds is 4. The summed E-state index contributed by atoms with van der Waals surface area (Å²) in [6, 6.07) is 10.4. The number of benzene rings is 1. The van der Waals surface area contributed by atoms with E-state index in [0.29, 0.717) is 24.8 Å². The summed E-state index contributed by atoms with van der Waals surface area (Å²) in [4.78, 5) is 12.1. The smallest absolute Gasteiger partial charge is 0.276 e. The topological polar surface area (TPSA) is 82.6 Å². The van der Waals surface area contributed by atoms with Crippen molar-refractivity contribution in [3.8, 4) is 5.88 Å². The van der Waals surface area contributed by atoms with Crippen LogP contribution >= 0.6 is 0 Å².